The van der Waals surface area contributed by atoms with Crippen molar-refractivity contribution in [3.05, 3.63) is 59.2 Å². The standard InChI is InChI=1S/C21H20N2O4/c24-21(23-8-7-15-3-1-2-4-16(15)12-23)20-11-17(22-27-20)9-14-5-6-18-19(10-14)26-13-25-18/h1-6,10,20H,7-9,11-13H2/t20-/m0/s1. The molecule has 2 aromatic rings. The summed E-state index contributed by atoms with van der Waals surface area (Å²) >= 11 is 0. The molecule has 0 aromatic heterocycles. The van der Waals surface area contributed by atoms with Crippen LogP contribution in [0.1, 0.15) is 23.1 Å². The van der Waals surface area contributed by atoms with Crippen LogP contribution in [0.25, 0.3) is 0 Å². The van der Waals surface area contributed by atoms with Gasteiger partial charge in [0.15, 0.2) is 11.5 Å². The summed E-state index contributed by atoms with van der Waals surface area (Å²) in [6, 6.07) is 14.1. The van der Waals surface area contributed by atoms with Crippen molar-refractivity contribution >= 4 is 11.6 Å². The van der Waals surface area contributed by atoms with E-state index in [0.29, 0.717) is 19.4 Å². The number of amides is 1. The van der Waals surface area contributed by atoms with E-state index in [2.05, 4.69) is 17.3 Å². The number of nitrogens with zero attached hydrogens (tertiary/aromatic N) is 2. The molecule has 0 aliphatic carbocycles. The van der Waals surface area contributed by atoms with Crippen molar-refractivity contribution in [1.29, 1.82) is 0 Å². The number of fused-ring (bicyclic) bond motifs is 2. The largest absolute Gasteiger partial charge is 0.454 e. The van der Waals surface area contributed by atoms with Gasteiger partial charge < -0.3 is 19.2 Å². The predicted octanol–water partition coefficient (Wildman–Crippen LogP) is 2.69. The maximum atomic E-state index is 12.9. The van der Waals surface area contributed by atoms with E-state index in [4.69, 9.17) is 14.3 Å². The second-order valence-electron chi connectivity index (χ2n) is 7.10. The number of ether oxygens (including phenoxy) is 2. The Balaban J connectivity index is 1.21. The lowest BCUT2D eigenvalue weighted by Gasteiger charge is -2.30. The average Bonchev–Trinajstić information content (AvgIpc) is 3.36. The molecule has 0 radical (unpaired) electrons. The van der Waals surface area contributed by atoms with Crippen LogP contribution < -0.4 is 9.47 Å². The Morgan fingerprint density at radius 3 is 2.89 bits per heavy atom. The van der Waals surface area contributed by atoms with E-state index < -0.39 is 6.10 Å². The topological polar surface area (TPSA) is 60.4 Å². The predicted molar refractivity (Wildman–Crippen MR) is 98.8 cm³/mol. The molecule has 0 saturated carbocycles. The van der Waals surface area contributed by atoms with Crippen molar-refractivity contribution in [2.75, 3.05) is 13.3 Å². The zero-order chi connectivity index (χ0) is 18.2. The van der Waals surface area contributed by atoms with Crippen LogP contribution in [0.4, 0.5) is 0 Å². The minimum atomic E-state index is -0.515. The van der Waals surface area contributed by atoms with Gasteiger partial charge in [0, 0.05) is 25.9 Å². The molecule has 3 aliphatic heterocycles. The summed E-state index contributed by atoms with van der Waals surface area (Å²) < 4.78 is 10.8. The van der Waals surface area contributed by atoms with Gasteiger partial charge in [-0.3, -0.25) is 4.79 Å². The summed E-state index contributed by atoms with van der Waals surface area (Å²) in [6.45, 7) is 1.64. The smallest absolute Gasteiger partial charge is 0.267 e. The fourth-order valence-corrected chi connectivity index (χ4v) is 3.84. The second kappa shape index (κ2) is 6.61. The first-order valence-corrected chi connectivity index (χ1v) is 9.22. The Labute approximate surface area is 157 Å². The number of carbonyl (C=O) groups is 1. The van der Waals surface area contributed by atoms with Crippen molar-refractivity contribution < 1.29 is 19.1 Å². The average molecular weight is 364 g/mol. The second-order valence-corrected chi connectivity index (χ2v) is 7.10. The van der Waals surface area contributed by atoms with Crippen LogP contribution in [0.15, 0.2) is 47.6 Å². The van der Waals surface area contributed by atoms with Crippen molar-refractivity contribution in [1.82, 2.24) is 4.90 Å². The maximum Gasteiger partial charge on any atom is 0.267 e. The zero-order valence-electron chi connectivity index (χ0n) is 14.9. The van der Waals surface area contributed by atoms with Crippen molar-refractivity contribution in [3.63, 3.8) is 0 Å². The van der Waals surface area contributed by atoms with Crippen LogP contribution in [0.3, 0.4) is 0 Å². The first kappa shape index (κ1) is 16.2. The van der Waals surface area contributed by atoms with E-state index in [1.54, 1.807) is 0 Å². The maximum absolute atomic E-state index is 12.9. The lowest BCUT2D eigenvalue weighted by Crippen LogP contribution is -2.42. The minimum absolute atomic E-state index is 0.0222. The van der Waals surface area contributed by atoms with Crippen LogP contribution >= 0.6 is 0 Å². The van der Waals surface area contributed by atoms with Gasteiger partial charge in [0.2, 0.25) is 12.9 Å². The van der Waals surface area contributed by atoms with E-state index in [0.717, 1.165) is 35.7 Å². The monoisotopic (exact) mass is 364 g/mol. The minimum Gasteiger partial charge on any atom is -0.454 e. The van der Waals surface area contributed by atoms with E-state index in [1.807, 2.05) is 35.2 Å². The van der Waals surface area contributed by atoms with Gasteiger partial charge in [-0.15, -0.1) is 0 Å². The summed E-state index contributed by atoms with van der Waals surface area (Å²) in [5.41, 5.74) is 4.50. The highest BCUT2D eigenvalue weighted by atomic mass is 16.7. The molecule has 6 nitrogen and oxygen atoms in total. The highest BCUT2D eigenvalue weighted by Crippen LogP contribution is 2.33. The Hall–Kier alpha value is -3.02. The lowest BCUT2D eigenvalue weighted by molar-refractivity contribution is -0.143. The van der Waals surface area contributed by atoms with Gasteiger partial charge in [-0.1, -0.05) is 35.5 Å². The van der Waals surface area contributed by atoms with Crippen LogP contribution in [-0.4, -0.2) is 36.0 Å². The first-order chi connectivity index (χ1) is 13.3. The van der Waals surface area contributed by atoms with Gasteiger partial charge in [0.25, 0.3) is 5.91 Å². The van der Waals surface area contributed by atoms with Gasteiger partial charge in [-0.25, -0.2) is 0 Å². The zero-order valence-corrected chi connectivity index (χ0v) is 14.9. The van der Waals surface area contributed by atoms with Crippen LogP contribution in [-0.2, 0) is 29.0 Å². The first-order valence-electron chi connectivity index (χ1n) is 9.22. The molecule has 2 aromatic carbocycles. The molecule has 1 atom stereocenters. The Morgan fingerprint density at radius 2 is 1.96 bits per heavy atom. The number of oxime groups is 1. The van der Waals surface area contributed by atoms with Crippen molar-refractivity contribution in [2.45, 2.75) is 31.9 Å². The van der Waals surface area contributed by atoms with E-state index in [9.17, 15) is 4.79 Å². The number of hydrogen-bond acceptors (Lipinski definition) is 5. The van der Waals surface area contributed by atoms with Gasteiger partial charge >= 0.3 is 0 Å². The molecule has 27 heavy (non-hydrogen) atoms. The number of rotatable bonds is 3. The quantitative estimate of drug-likeness (QED) is 0.840. The molecule has 0 N–H and O–H groups in total. The molecule has 0 spiro atoms. The lowest BCUT2D eigenvalue weighted by atomic mass is 9.98. The van der Waals surface area contributed by atoms with E-state index >= 15 is 0 Å². The molecule has 0 unspecified atom stereocenters. The number of carbonyl (C=O) groups excluding carboxylic acids is 1. The van der Waals surface area contributed by atoms with Gasteiger partial charge in [0.05, 0.1) is 5.71 Å². The molecule has 0 bridgehead atoms. The molecule has 0 saturated heterocycles. The molecule has 3 heterocycles. The van der Waals surface area contributed by atoms with Gasteiger partial charge in [-0.2, -0.15) is 0 Å². The third-order valence-corrected chi connectivity index (χ3v) is 5.29. The molecular weight excluding hydrogens is 344 g/mol. The van der Waals surface area contributed by atoms with Gasteiger partial charge in [-0.05, 0) is 35.2 Å². The van der Waals surface area contributed by atoms with Gasteiger partial charge in [0.1, 0.15) is 0 Å². The normalized spacial score (nSPS) is 20.1. The molecule has 5 rings (SSSR count). The molecular formula is C21H20N2O4. The summed E-state index contributed by atoms with van der Waals surface area (Å²) in [7, 11) is 0. The highest BCUT2D eigenvalue weighted by molar-refractivity contribution is 5.94. The van der Waals surface area contributed by atoms with E-state index in [-0.39, 0.29) is 12.7 Å². The summed E-state index contributed by atoms with van der Waals surface area (Å²) in [6.07, 6.45) is 1.55. The fraction of sp³-hybridized carbons (Fsp3) is 0.333. The Kier molecular flexibility index (Phi) is 3.96. The summed E-state index contributed by atoms with van der Waals surface area (Å²) in [5, 5.41) is 4.16. The number of hydrogen-bond donors (Lipinski definition) is 0. The van der Waals surface area contributed by atoms with Crippen molar-refractivity contribution in [3.8, 4) is 11.5 Å². The van der Waals surface area contributed by atoms with Crippen LogP contribution in [0.2, 0.25) is 0 Å². The van der Waals surface area contributed by atoms with E-state index in [1.165, 1.54) is 11.1 Å². The molecule has 138 valence electrons. The SMILES string of the molecule is O=C([C@@H]1CC(Cc2ccc3c(c2)OCO3)=NO1)N1CCc2ccccc2C1. The summed E-state index contributed by atoms with van der Waals surface area (Å²) in [4.78, 5) is 20.2. The molecule has 6 heteroatoms. The number of benzene rings is 2. The molecule has 1 amide bonds. The molecule has 3 aliphatic rings. The third kappa shape index (κ3) is 3.12. The van der Waals surface area contributed by atoms with Crippen molar-refractivity contribution in [2.24, 2.45) is 5.16 Å². The molecule has 0 fully saturated rings. The summed E-state index contributed by atoms with van der Waals surface area (Å²) in [5.74, 6) is 1.54. The van der Waals surface area contributed by atoms with Crippen LogP contribution in [0, 0.1) is 0 Å². The van der Waals surface area contributed by atoms with Crippen LogP contribution in [0.5, 0.6) is 11.5 Å². The highest BCUT2D eigenvalue weighted by Gasteiger charge is 2.33. The third-order valence-electron chi connectivity index (χ3n) is 5.29. The Morgan fingerprint density at radius 1 is 1.11 bits per heavy atom. The fourth-order valence-electron chi connectivity index (χ4n) is 3.84. The Bertz CT molecular complexity index is 924.